The fraction of sp³-hybridized carbons (Fsp3) is 0.857. The Morgan fingerprint density at radius 1 is 1.32 bits per heavy atom. The van der Waals surface area contributed by atoms with Crippen LogP contribution in [0, 0.1) is 5.92 Å². The predicted octanol–water partition coefficient (Wildman–Crippen LogP) is 1.89. The van der Waals surface area contributed by atoms with Crippen molar-refractivity contribution in [1.82, 2.24) is 10.2 Å². The minimum absolute atomic E-state index is 0.0160. The molecule has 0 aromatic carbocycles. The molecule has 1 saturated heterocycles. The summed E-state index contributed by atoms with van der Waals surface area (Å²) in [6.45, 7) is 8.83. The summed E-state index contributed by atoms with van der Waals surface area (Å²) in [6, 6.07) is -0.628. The molecule has 19 heavy (non-hydrogen) atoms. The van der Waals surface area contributed by atoms with E-state index in [1.54, 1.807) is 0 Å². The van der Waals surface area contributed by atoms with E-state index in [0.717, 1.165) is 17.9 Å². The highest BCUT2D eigenvalue weighted by atomic mass is 32.2. The van der Waals surface area contributed by atoms with Crippen molar-refractivity contribution < 1.29 is 9.59 Å². The van der Waals surface area contributed by atoms with Crippen LogP contribution in [0.15, 0.2) is 0 Å². The largest absolute Gasteiger partial charge is 0.343 e. The lowest BCUT2D eigenvalue weighted by atomic mass is 9.93. The first kappa shape index (κ1) is 16.3. The molecule has 1 heterocycles. The van der Waals surface area contributed by atoms with Gasteiger partial charge in [0.15, 0.2) is 0 Å². The molecule has 3 unspecified atom stereocenters. The highest BCUT2D eigenvalue weighted by Gasteiger charge is 2.41. The van der Waals surface area contributed by atoms with Gasteiger partial charge in [0.1, 0.15) is 12.1 Å². The molecule has 1 aliphatic rings. The van der Waals surface area contributed by atoms with Gasteiger partial charge in [0.2, 0.25) is 11.8 Å². The lowest BCUT2D eigenvalue weighted by Crippen LogP contribution is -2.65. The number of carbonyl (C=O) groups excluding carboxylic acids is 2. The molecule has 1 fully saturated rings. The molecule has 110 valence electrons. The third kappa shape index (κ3) is 3.88. The van der Waals surface area contributed by atoms with E-state index in [0.29, 0.717) is 13.0 Å². The molecular formula is C14H26N2O2S. The summed E-state index contributed by atoms with van der Waals surface area (Å²) >= 11 is 1.81. The van der Waals surface area contributed by atoms with Gasteiger partial charge in [-0.1, -0.05) is 34.1 Å². The van der Waals surface area contributed by atoms with Crippen LogP contribution < -0.4 is 5.32 Å². The third-order valence-corrected chi connectivity index (χ3v) is 4.65. The maximum atomic E-state index is 12.4. The van der Waals surface area contributed by atoms with Crippen molar-refractivity contribution in [3.05, 3.63) is 0 Å². The minimum atomic E-state index is -0.334. The average Bonchev–Trinajstić information content (AvgIpc) is 2.41. The summed E-state index contributed by atoms with van der Waals surface area (Å²) in [7, 11) is 0. The van der Waals surface area contributed by atoms with Gasteiger partial charge in [-0.2, -0.15) is 11.8 Å². The molecule has 5 heteroatoms. The zero-order valence-electron chi connectivity index (χ0n) is 12.4. The Bertz CT molecular complexity index is 323. The number of piperazine rings is 1. The van der Waals surface area contributed by atoms with Crippen LogP contribution in [0.5, 0.6) is 0 Å². The fourth-order valence-corrected chi connectivity index (χ4v) is 3.03. The van der Waals surface area contributed by atoms with Gasteiger partial charge in [-0.3, -0.25) is 9.59 Å². The van der Waals surface area contributed by atoms with E-state index in [1.807, 2.05) is 30.5 Å². The average molecular weight is 286 g/mol. The van der Waals surface area contributed by atoms with E-state index in [4.69, 9.17) is 0 Å². The predicted molar refractivity (Wildman–Crippen MR) is 80.2 cm³/mol. The van der Waals surface area contributed by atoms with Crippen LogP contribution in [-0.4, -0.2) is 46.8 Å². The van der Waals surface area contributed by atoms with Crippen molar-refractivity contribution in [3.63, 3.8) is 0 Å². The quantitative estimate of drug-likeness (QED) is 0.727. The zero-order chi connectivity index (χ0) is 14.4. The highest BCUT2D eigenvalue weighted by Crippen LogP contribution is 2.21. The van der Waals surface area contributed by atoms with Gasteiger partial charge in [-0.25, -0.2) is 0 Å². The van der Waals surface area contributed by atoms with Crippen LogP contribution in [-0.2, 0) is 9.59 Å². The first-order valence-corrected chi connectivity index (χ1v) is 8.40. The number of rotatable bonds is 7. The van der Waals surface area contributed by atoms with Crippen molar-refractivity contribution in [1.29, 1.82) is 0 Å². The van der Waals surface area contributed by atoms with Crippen molar-refractivity contribution in [2.45, 2.75) is 52.6 Å². The second kappa shape index (κ2) is 7.78. The molecule has 2 amide bonds. The molecule has 0 saturated carbocycles. The van der Waals surface area contributed by atoms with E-state index in [-0.39, 0.29) is 29.8 Å². The number of amides is 2. The summed E-state index contributed by atoms with van der Waals surface area (Å²) < 4.78 is 0. The number of nitrogens with zero attached hydrogens (tertiary/aromatic N) is 1. The number of carbonyl (C=O) groups is 2. The van der Waals surface area contributed by atoms with E-state index in [1.165, 1.54) is 0 Å². The molecule has 0 aromatic heterocycles. The summed E-state index contributed by atoms with van der Waals surface area (Å²) in [5.74, 6) is 2.25. The Morgan fingerprint density at radius 3 is 2.53 bits per heavy atom. The van der Waals surface area contributed by atoms with E-state index < -0.39 is 0 Å². The van der Waals surface area contributed by atoms with Crippen LogP contribution >= 0.6 is 11.8 Å². The van der Waals surface area contributed by atoms with Crippen molar-refractivity contribution in [3.8, 4) is 0 Å². The molecule has 0 spiro atoms. The Hall–Kier alpha value is -0.710. The van der Waals surface area contributed by atoms with Gasteiger partial charge in [-0.15, -0.1) is 0 Å². The maximum absolute atomic E-state index is 12.4. The minimum Gasteiger partial charge on any atom is -0.343 e. The normalized spacial score (nSPS) is 25.4. The molecule has 1 aliphatic heterocycles. The highest BCUT2D eigenvalue weighted by molar-refractivity contribution is 7.99. The monoisotopic (exact) mass is 286 g/mol. The lowest BCUT2D eigenvalue weighted by Gasteiger charge is -2.41. The van der Waals surface area contributed by atoms with Gasteiger partial charge in [0.25, 0.3) is 0 Å². The van der Waals surface area contributed by atoms with Crippen LogP contribution in [0.25, 0.3) is 0 Å². The number of nitrogens with one attached hydrogen (secondary N) is 1. The molecule has 1 N–H and O–H groups in total. The standard InChI is InChI=1S/C14H26N2O2S/c1-5-10(4)12-13(17)15-11(6-2)14(18)16(12)8-9-19-7-3/h10-12H,5-9H2,1-4H3,(H,15,17). The number of hydrogen-bond acceptors (Lipinski definition) is 3. The summed E-state index contributed by atoms with van der Waals surface area (Å²) in [5, 5.41) is 2.86. The van der Waals surface area contributed by atoms with Gasteiger partial charge in [-0.05, 0) is 18.1 Å². The summed E-state index contributed by atoms with van der Waals surface area (Å²) in [4.78, 5) is 26.5. The SMILES string of the molecule is CCSCCN1C(=O)C(CC)NC(=O)C1C(C)CC. The van der Waals surface area contributed by atoms with Crippen molar-refractivity contribution in [2.75, 3.05) is 18.1 Å². The van der Waals surface area contributed by atoms with Crippen LogP contribution in [0.4, 0.5) is 0 Å². The zero-order valence-corrected chi connectivity index (χ0v) is 13.3. The maximum Gasteiger partial charge on any atom is 0.245 e. The van der Waals surface area contributed by atoms with Crippen molar-refractivity contribution >= 4 is 23.6 Å². The Kier molecular flexibility index (Phi) is 6.69. The molecule has 3 atom stereocenters. The van der Waals surface area contributed by atoms with Crippen molar-refractivity contribution in [2.24, 2.45) is 5.92 Å². The molecule has 0 radical (unpaired) electrons. The number of hydrogen-bond donors (Lipinski definition) is 1. The van der Waals surface area contributed by atoms with Gasteiger partial charge >= 0.3 is 0 Å². The van der Waals surface area contributed by atoms with E-state index in [9.17, 15) is 9.59 Å². The Balaban J connectivity index is 2.84. The van der Waals surface area contributed by atoms with Gasteiger partial charge in [0, 0.05) is 12.3 Å². The van der Waals surface area contributed by atoms with Crippen LogP contribution in [0.1, 0.15) is 40.5 Å². The molecule has 4 nitrogen and oxygen atoms in total. The smallest absolute Gasteiger partial charge is 0.245 e. The number of thioether (sulfide) groups is 1. The van der Waals surface area contributed by atoms with Gasteiger partial charge < -0.3 is 10.2 Å². The van der Waals surface area contributed by atoms with E-state index >= 15 is 0 Å². The second-order valence-corrected chi connectivity index (χ2v) is 6.42. The Morgan fingerprint density at radius 2 is 2.00 bits per heavy atom. The molecule has 0 bridgehead atoms. The summed E-state index contributed by atoms with van der Waals surface area (Å²) in [5.41, 5.74) is 0. The second-order valence-electron chi connectivity index (χ2n) is 5.03. The third-order valence-electron chi connectivity index (χ3n) is 3.77. The molecule has 0 aromatic rings. The topological polar surface area (TPSA) is 49.4 Å². The Labute approximate surface area is 120 Å². The molecule has 0 aliphatic carbocycles. The van der Waals surface area contributed by atoms with Crippen LogP contribution in [0.2, 0.25) is 0 Å². The summed E-state index contributed by atoms with van der Waals surface area (Å²) in [6.07, 6.45) is 1.56. The van der Waals surface area contributed by atoms with E-state index in [2.05, 4.69) is 19.2 Å². The fourth-order valence-electron chi connectivity index (χ4n) is 2.42. The first-order chi connectivity index (χ1) is 9.06. The first-order valence-electron chi connectivity index (χ1n) is 7.25. The van der Waals surface area contributed by atoms with Crippen LogP contribution in [0.3, 0.4) is 0 Å². The molecule has 1 rings (SSSR count). The lowest BCUT2D eigenvalue weighted by molar-refractivity contribution is -0.151. The van der Waals surface area contributed by atoms with Gasteiger partial charge in [0.05, 0.1) is 0 Å². The molecular weight excluding hydrogens is 260 g/mol.